The first-order valence-electron chi connectivity index (χ1n) is 9.24. The Hall–Kier alpha value is -2.54. The molecule has 3 amide bonds. The Kier molecular flexibility index (Phi) is 8.81. The summed E-state index contributed by atoms with van der Waals surface area (Å²) in [6, 6.07) is 14.9. The molecule has 2 aromatic carbocycles. The number of carbonyl (C=O) groups is 2. The van der Waals surface area contributed by atoms with Crippen LogP contribution in [0.5, 0.6) is 5.75 Å². The number of anilines is 1. The summed E-state index contributed by atoms with van der Waals surface area (Å²) < 4.78 is 6.55. The second-order valence-corrected chi connectivity index (χ2v) is 7.46. The van der Waals surface area contributed by atoms with E-state index in [0.717, 1.165) is 15.8 Å². The Morgan fingerprint density at radius 3 is 2.46 bits per heavy atom. The van der Waals surface area contributed by atoms with Gasteiger partial charge in [-0.25, -0.2) is 4.79 Å². The third kappa shape index (κ3) is 8.00. The van der Waals surface area contributed by atoms with E-state index in [1.54, 1.807) is 0 Å². The SMILES string of the molecule is CC(C)NC(=O)Nc1ccc(CNC(=O)CCCOc2ccccc2Br)cc1. The fraction of sp³-hybridized carbons (Fsp3) is 0.333. The molecule has 2 rings (SSSR count). The molecule has 0 radical (unpaired) electrons. The number of halogens is 1. The van der Waals surface area contributed by atoms with Crippen LogP contribution in [0.3, 0.4) is 0 Å². The summed E-state index contributed by atoms with van der Waals surface area (Å²) in [4.78, 5) is 23.6. The van der Waals surface area contributed by atoms with Crippen LogP contribution in [0.1, 0.15) is 32.3 Å². The zero-order valence-electron chi connectivity index (χ0n) is 16.1. The highest BCUT2D eigenvalue weighted by atomic mass is 79.9. The molecule has 0 spiro atoms. The number of para-hydroxylation sites is 1. The van der Waals surface area contributed by atoms with Gasteiger partial charge < -0.3 is 20.7 Å². The van der Waals surface area contributed by atoms with Gasteiger partial charge in [0, 0.05) is 24.7 Å². The van der Waals surface area contributed by atoms with E-state index in [0.29, 0.717) is 31.7 Å². The number of ether oxygens (including phenoxy) is 1. The van der Waals surface area contributed by atoms with E-state index in [-0.39, 0.29) is 18.0 Å². The molecule has 0 unspecified atom stereocenters. The Morgan fingerprint density at radius 1 is 1.07 bits per heavy atom. The van der Waals surface area contributed by atoms with Crippen LogP contribution in [0.15, 0.2) is 53.0 Å². The number of benzene rings is 2. The normalized spacial score (nSPS) is 10.4. The van der Waals surface area contributed by atoms with Crippen LogP contribution in [0, 0.1) is 0 Å². The minimum atomic E-state index is -0.235. The van der Waals surface area contributed by atoms with Crippen molar-refractivity contribution in [2.45, 2.75) is 39.3 Å². The molecule has 0 aliphatic carbocycles. The fourth-order valence-corrected chi connectivity index (χ4v) is 2.80. The third-order valence-corrected chi connectivity index (χ3v) is 4.42. The van der Waals surface area contributed by atoms with Crippen LogP contribution in [0.25, 0.3) is 0 Å². The Bertz CT molecular complexity index is 779. The number of nitrogens with one attached hydrogen (secondary N) is 3. The van der Waals surface area contributed by atoms with Gasteiger partial charge in [-0.15, -0.1) is 0 Å². The van der Waals surface area contributed by atoms with Gasteiger partial charge in [0.05, 0.1) is 11.1 Å². The quantitative estimate of drug-likeness (QED) is 0.496. The molecule has 0 aliphatic rings. The minimum absolute atomic E-state index is 0.0192. The second-order valence-electron chi connectivity index (χ2n) is 6.61. The zero-order valence-corrected chi connectivity index (χ0v) is 17.7. The lowest BCUT2D eigenvalue weighted by Crippen LogP contribution is -2.34. The van der Waals surface area contributed by atoms with Gasteiger partial charge in [0.2, 0.25) is 5.91 Å². The number of carbonyl (C=O) groups excluding carboxylic acids is 2. The topological polar surface area (TPSA) is 79.5 Å². The molecule has 2 aromatic rings. The van der Waals surface area contributed by atoms with Crippen LogP contribution in [0.2, 0.25) is 0 Å². The van der Waals surface area contributed by atoms with Crippen LogP contribution in [-0.4, -0.2) is 24.6 Å². The molecule has 0 saturated carbocycles. The van der Waals surface area contributed by atoms with Crippen LogP contribution < -0.4 is 20.7 Å². The molecule has 3 N–H and O–H groups in total. The first-order valence-corrected chi connectivity index (χ1v) is 10.0. The standard InChI is InChI=1S/C21H26BrN3O3/c1-15(2)24-21(27)25-17-11-9-16(10-12-17)14-23-20(26)8-5-13-28-19-7-4-3-6-18(19)22/h3-4,6-7,9-12,15H,5,8,13-14H2,1-2H3,(H,23,26)(H2,24,25,27). The Morgan fingerprint density at radius 2 is 1.79 bits per heavy atom. The van der Waals surface area contributed by atoms with Gasteiger partial charge >= 0.3 is 6.03 Å². The molecular formula is C21H26BrN3O3. The minimum Gasteiger partial charge on any atom is -0.492 e. The lowest BCUT2D eigenvalue weighted by atomic mass is 10.2. The van der Waals surface area contributed by atoms with Crippen molar-refractivity contribution < 1.29 is 14.3 Å². The molecule has 150 valence electrons. The highest BCUT2D eigenvalue weighted by Crippen LogP contribution is 2.23. The fourth-order valence-electron chi connectivity index (χ4n) is 2.40. The molecule has 6 nitrogen and oxygen atoms in total. The van der Waals surface area contributed by atoms with Crippen molar-refractivity contribution in [1.82, 2.24) is 10.6 Å². The van der Waals surface area contributed by atoms with Crippen molar-refractivity contribution in [1.29, 1.82) is 0 Å². The Labute approximate surface area is 174 Å². The maximum absolute atomic E-state index is 12.0. The summed E-state index contributed by atoms with van der Waals surface area (Å²) in [5.74, 6) is 0.757. The van der Waals surface area contributed by atoms with Gasteiger partial charge in [0.25, 0.3) is 0 Å². The number of amides is 3. The van der Waals surface area contributed by atoms with E-state index in [4.69, 9.17) is 4.74 Å². The summed E-state index contributed by atoms with van der Waals surface area (Å²) in [7, 11) is 0. The molecule has 0 bridgehead atoms. The lowest BCUT2D eigenvalue weighted by Gasteiger charge is -2.11. The lowest BCUT2D eigenvalue weighted by molar-refractivity contribution is -0.121. The van der Waals surface area contributed by atoms with Gasteiger partial charge in [-0.05, 0) is 66.0 Å². The summed E-state index contributed by atoms with van der Waals surface area (Å²) >= 11 is 3.43. The molecule has 7 heteroatoms. The molecule has 28 heavy (non-hydrogen) atoms. The van der Waals surface area contributed by atoms with Crippen molar-refractivity contribution in [3.8, 4) is 5.75 Å². The molecule has 0 saturated heterocycles. The molecule has 0 aromatic heterocycles. The summed E-state index contributed by atoms with van der Waals surface area (Å²) in [5.41, 5.74) is 1.67. The summed E-state index contributed by atoms with van der Waals surface area (Å²) in [5, 5.41) is 8.42. The van der Waals surface area contributed by atoms with Gasteiger partial charge in [0.1, 0.15) is 5.75 Å². The third-order valence-electron chi connectivity index (χ3n) is 3.76. The predicted octanol–water partition coefficient (Wildman–Crippen LogP) is 4.45. The van der Waals surface area contributed by atoms with Crippen molar-refractivity contribution in [2.24, 2.45) is 0 Å². The molecule has 0 atom stereocenters. The van der Waals surface area contributed by atoms with Crippen molar-refractivity contribution in [2.75, 3.05) is 11.9 Å². The van der Waals surface area contributed by atoms with Crippen molar-refractivity contribution >= 4 is 33.6 Å². The Balaban J connectivity index is 1.65. The predicted molar refractivity (Wildman–Crippen MR) is 114 cm³/mol. The number of urea groups is 1. The monoisotopic (exact) mass is 447 g/mol. The van der Waals surface area contributed by atoms with Crippen LogP contribution in [-0.2, 0) is 11.3 Å². The van der Waals surface area contributed by atoms with Crippen molar-refractivity contribution in [3.63, 3.8) is 0 Å². The first kappa shape index (κ1) is 21.8. The summed E-state index contributed by atoms with van der Waals surface area (Å²) in [6.07, 6.45) is 1.04. The second kappa shape index (κ2) is 11.3. The highest BCUT2D eigenvalue weighted by Gasteiger charge is 2.05. The number of rotatable bonds is 9. The summed E-state index contributed by atoms with van der Waals surface area (Å²) in [6.45, 7) is 4.73. The number of hydrogen-bond donors (Lipinski definition) is 3. The molecule has 0 aliphatic heterocycles. The molecular weight excluding hydrogens is 422 g/mol. The van der Waals surface area contributed by atoms with Gasteiger partial charge in [0.15, 0.2) is 0 Å². The van der Waals surface area contributed by atoms with Crippen LogP contribution >= 0.6 is 15.9 Å². The maximum Gasteiger partial charge on any atom is 0.319 e. The number of hydrogen-bond acceptors (Lipinski definition) is 3. The van der Waals surface area contributed by atoms with E-state index in [2.05, 4.69) is 31.9 Å². The first-order chi connectivity index (χ1) is 13.4. The average Bonchev–Trinajstić information content (AvgIpc) is 2.65. The molecule has 0 fully saturated rings. The van der Waals surface area contributed by atoms with E-state index in [9.17, 15) is 9.59 Å². The van der Waals surface area contributed by atoms with Crippen LogP contribution in [0.4, 0.5) is 10.5 Å². The van der Waals surface area contributed by atoms with E-state index >= 15 is 0 Å². The van der Waals surface area contributed by atoms with E-state index < -0.39 is 0 Å². The zero-order chi connectivity index (χ0) is 20.4. The smallest absolute Gasteiger partial charge is 0.319 e. The van der Waals surface area contributed by atoms with E-state index in [1.807, 2.05) is 62.4 Å². The van der Waals surface area contributed by atoms with Crippen molar-refractivity contribution in [3.05, 3.63) is 58.6 Å². The highest BCUT2D eigenvalue weighted by molar-refractivity contribution is 9.10. The van der Waals surface area contributed by atoms with Gasteiger partial charge in [-0.3, -0.25) is 4.79 Å². The molecule has 0 heterocycles. The van der Waals surface area contributed by atoms with Gasteiger partial charge in [-0.1, -0.05) is 24.3 Å². The maximum atomic E-state index is 12.0. The van der Waals surface area contributed by atoms with Gasteiger partial charge in [-0.2, -0.15) is 0 Å². The van der Waals surface area contributed by atoms with E-state index in [1.165, 1.54) is 0 Å². The average molecular weight is 448 g/mol. The largest absolute Gasteiger partial charge is 0.492 e.